The van der Waals surface area contributed by atoms with E-state index in [-0.39, 0.29) is 43.2 Å². The highest BCUT2D eigenvalue weighted by molar-refractivity contribution is 6.01. The monoisotopic (exact) mass is 708 g/mol. The van der Waals surface area contributed by atoms with Gasteiger partial charge < -0.3 is 35.1 Å². The molecule has 0 aromatic rings. The summed E-state index contributed by atoms with van der Waals surface area (Å²) in [5.74, 6) is -4.25. The van der Waals surface area contributed by atoms with Crippen LogP contribution in [0, 0.1) is 28.6 Å². The smallest absolute Gasteiger partial charge is 0.329 e. The Morgan fingerprint density at radius 2 is 1.82 bits per heavy atom. The molecule has 5 aliphatic rings. The number of hydrogen-bond acceptors (Lipinski definition) is 10. The van der Waals surface area contributed by atoms with Crippen LogP contribution in [-0.4, -0.2) is 101 Å². The van der Waals surface area contributed by atoms with Gasteiger partial charge in [0, 0.05) is 22.8 Å². The molecule has 3 saturated carbocycles. The third-order valence-corrected chi connectivity index (χ3v) is 12.0. The maximum Gasteiger partial charge on any atom is 0.329 e. The summed E-state index contributed by atoms with van der Waals surface area (Å²) < 4.78 is 52.1. The molecule has 0 radical (unpaired) electrons. The van der Waals surface area contributed by atoms with Gasteiger partial charge in [0.2, 0.25) is 11.7 Å². The number of ketones is 2. The second-order valence-electron chi connectivity index (χ2n) is 16.1. The minimum Gasteiger partial charge on any atom is -0.456 e. The van der Waals surface area contributed by atoms with Gasteiger partial charge in [0.15, 0.2) is 29.9 Å². The average Bonchev–Trinajstić information content (AvgIpc) is 3.52. The number of allylic oxidation sites excluding steroid dienone is 4. The van der Waals surface area contributed by atoms with Crippen molar-refractivity contribution in [3.63, 3.8) is 0 Å². The number of aliphatic hydroxyl groups excluding tert-OH is 2. The van der Waals surface area contributed by atoms with E-state index in [1.54, 1.807) is 6.92 Å². The Labute approximate surface area is 292 Å². The summed E-state index contributed by atoms with van der Waals surface area (Å²) >= 11 is 0. The van der Waals surface area contributed by atoms with E-state index in [1.165, 1.54) is 19.1 Å². The molecule has 1 saturated heterocycles. The van der Waals surface area contributed by atoms with E-state index in [1.807, 2.05) is 34.6 Å². The van der Waals surface area contributed by atoms with Crippen LogP contribution in [0.2, 0.25) is 0 Å². The molecule has 1 aliphatic heterocycles. The zero-order valence-corrected chi connectivity index (χ0v) is 30.2. The van der Waals surface area contributed by atoms with Crippen LogP contribution in [0.15, 0.2) is 23.8 Å². The Kier molecular flexibility index (Phi) is 10.9. The molecule has 0 spiro atoms. The van der Waals surface area contributed by atoms with Crippen molar-refractivity contribution in [2.24, 2.45) is 28.6 Å². The topological polar surface area (TPSA) is 160 Å². The predicted molar refractivity (Wildman–Crippen MR) is 178 cm³/mol. The molecule has 1 heterocycles. The molecule has 1 unspecified atom stereocenters. The van der Waals surface area contributed by atoms with Crippen molar-refractivity contribution in [1.82, 2.24) is 10.6 Å². The summed E-state index contributed by atoms with van der Waals surface area (Å²) in [5.41, 5.74) is -6.90. The van der Waals surface area contributed by atoms with Crippen LogP contribution in [0.4, 0.5) is 8.78 Å². The molecule has 13 heteroatoms. The molecule has 280 valence electrons. The molecular formula is C37H54F2N2O9. The first-order valence-electron chi connectivity index (χ1n) is 18.1. The van der Waals surface area contributed by atoms with Crippen molar-refractivity contribution < 1.29 is 52.4 Å². The third kappa shape index (κ3) is 6.08. The van der Waals surface area contributed by atoms with E-state index >= 15 is 8.78 Å². The van der Waals surface area contributed by atoms with Gasteiger partial charge in [-0.05, 0) is 68.6 Å². The van der Waals surface area contributed by atoms with E-state index in [0.29, 0.717) is 12.8 Å². The number of rotatable bonds is 13. The van der Waals surface area contributed by atoms with Crippen molar-refractivity contribution >= 4 is 23.4 Å². The van der Waals surface area contributed by atoms with Gasteiger partial charge in [-0.2, -0.15) is 0 Å². The first-order valence-corrected chi connectivity index (χ1v) is 18.1. The number of fused-ring (bicyclic) bond motifs is 7. The van der Waals surface area contributed by atoms with Gasteiger partial charge in [-0.25, -0.2) is 13.6 Å². The summed E-state index contributed by atoms with van der Waals surface area (Å²) in [5, 5.41) is 27.1. The van der Waals surface area contributed by atoms with E-state index in [4.69, 9.17) is 14.2 Å². The summed E-state index contributed by atoms with van der Waals surface area (Å²) in [6, 6.07) is -2.19. The van der Waals surface area contributed by atoms with Crippen LogP contribution in [-0.2, 0) is 33.4 Å². The van der Waals surface area contributed by atoms with Crippen molar-refractivity contribution in [2.75, 3.05) is 13.2 Å². The molecular weight excluding hydrogens is 654 g/mol. The molecule has 11 nitrogen and oxygen atoms in total. The van der Waals surface area contributed by atoms with Crippen LogP contribution in [0.1, 0.15) is 87.0 Å². The fourth-order valence-corrected chi connectivity index (χ4v) is 9.80. The highest BCUT2D eigenvalue weighted by Gasteiger charge is 2.80. The van der Waals surface area contributed by atoms with Crippen LogP contribution in [0.5, 0.6) is 0 Å². The summed E-state index contributed by atoms with van der Waals surface area (Å²) in [6.45, 7) is 11.3. The fraction of sp³-hybridized carbons (Fsp3) is 0.784. The molecule has 50 heavy (non-hydrogen) atoms. The molecule has 4 fully saturated rings. The van der Waals surface area contributed by atoms with Crippen molar-refractivity contribution in [3.05, 3.63) is 23.8 Å². The number of esters is 1. The Morgan fingerprint density at radius 1 is 1.12 bits per heavy atom. The van der Waals surface area contributed by atoms with Gasteiger partial charge >= 0.3 is 5.97 Å². The van der Waals surface area contributed by atoms with Crippen LogP contribution in [0.25, 0.3) is 0 Å². The zero-order valence-electron chi connectivity index (χ0n) is 30.2. The lowest BCUT2D eigenvalue weighted by atomic mass is 9.44. The molecule has 4 N–H and O–H groups in total. The van der Waals surface area contributed by atoms with Crippen LogP contribution < -0.4 is 10.6 Å². The van der Waals surface area contributed by atoms with E-state index < -0.39 is 107 Å². The molecule has 4 aliphatic carbocycles. The number of alkyl halides is 2. The number of carbonyl (C=O) groups excluding carboxylic acids is 4. The first kappa shape index (κ1) is 38.6. The Balaban J connectivity index is 1.43. The number of aliphatic hydroxyl groups is 2. The van der Waals surface area contributed by atoms with Crippen LogP contribution >= 0.6 is 0 Å². The second kappa shape index (κ2) is 14.1. The minimum atomic E-state index is -2.35. The number of Topliss-reactive ketones (excluding diaryl/α,β-unsaturated/α-hetero) is 1. The number of nitrogens with one attached hydrogen (secondary N) is 2. The number of amides is 1. The minimum absolute atomic E-state index is 0.00569. The molecule has 5 rings (SSSR count). The summed E-state index contributed by atoms with van der Waals surface area (Å²) in [4.78, 5) is 53.2. The van der Waals surface area contributed by atoms with Gasteiger partial charge in [-0.1, -0.05) is 54.0 Å². The summed E-state index contributed by atoms with van der Waals surface area (Å²) in [7, 11) is 0. The molecule has 0 aromatic heterocycles. The van der Waals surface area contributed by atoms with E-state index in [9.17, 15) is 29.4 Å². The molecule has 12 atom stereocenters. The standard InChI is InChI=1S/C37H54F2N2O9/c1-8-9-31-49-30-15-22-23-14-25(38)24-13-21(43)10-11-34(24,6)36(23,39)28(44)16-35(22,7)37(30,50-31)29(45)18-48-33(47)26(12-19(2)3)41-32(46)27(17-42)40-20(4)5/h10-11,13,19-20,22-23,25-28,30-31,40,42,44H,8-9,12,14-18H2,1-7H3,(H,41,46)/t22-,23-,25-,26-,27-,28-,30+,31?,34-,35-,36-,37+/m0/s1. The van der Waals surface area contributed by atoms with Gasteiger partial charge in [0.25, 0.3) is 0 Å². The number of carbonyl (C=O) groups is 4. The predicted octanol–water partition coefficient (Wildman–Crippen LogP) is 3.20. The maximum absolute atomic E-state index is 17.7. The normalized spacial score (nSPS) is 40.0. The Morgan fingerprint density at radius 3 is 2.44 bits per heavy atom. The van der Waals surface area contributed by atoms with Crippen LogP contribution in [0.3, 0.4) is 0 Å². The second-order valence-corrected chi connectivity index (χ2v) is 16.1. The third-order valence-electron chi connectivity index (χ3n) is 12.0. The van der Waals surface area contributed by atoms with Gasteiger partial charge in [0.05, 0.1) is 18.8 Å². The Bertz CT molecular complexity index is 1420. The first-order chi connectivity index (χ1) is 23.4. The highest BCUT2D eigenvalue weighted by Crippen LogP contribution is 2.72. The fourth-order valence-electron chi connectivity index (χ4n) is 9.80. The van der Waals surface area contributed by atoms with E-state index in [0.717, 1.165) is 6.08 Å². The van der Waals surface area contributed by atoms with Gasteiger partial charge in [-0.3, -0.25) is 14.4 Å². The summed E-state index contributed by atoms with van der Waals surface area (Å²) in [6.07, 6.45) is -0.256. The van der Waals surface area contributed by atoms with Crippen molar-refractivity contribution in [3.8, 4) is 0 Å². The average molecular weight is 709 g/mol. The lowest BCUT2D eigenvalue weighted by Gasteiger charge is -2.63. The largest absolute Gasteiger partial charge is 0.456 e. The lowest BCUT2D eigenvalue weighted by molar-refractivity contribution is -0.235. The van der Waals surface area contributed by atoms with E-state index in [2.05, 4.69) is 10.6 Å². The molecule has 1 amide bonds. The highest BCUT2D eigenvalue weighted by atomic mass is 19.1. The maximum atomic E-state index is 17.7. The van der Waals surface area contributed by atoms with Crippen molar-refractivity contribution in [2.45, 2.75) is 141 Å². The Hall–Kier alpha value is -2.58. The SMILES string of the molecule is CCCC1O[C@@H]2C[C@H]3[C@@H]4C[C@H](F)C5=CC(=O)C=C[C@]5(C)[C@@]4(F)[C@@H](O)C[C@]3(C)[C@]2(C(=O)COC(=O)[C@H](CC(C)C)NC(=O)[C@H](CO)NC(C)C)O1. The van der Waals surface area contributed by atoms with Gasteiger partial charge in [-0.15, -0.1) is 0 Å². The van der Waals surface area contributed by atoms with Gasteiger partial charge in [0.1, 0.15) is 18.3 Å². The molecule has 0 aromatic carbocycles. The number of hydrogen-bond donors (Lipinski definition) is 4. The quantitative estimate of drug-likeness (QED) is 0.209. The number of halogens is 2. The molecule has 0 bridgehead atoms. The number of ether oxygens (including phenoxy) is 3. The van der Waals surface area contributed by atoms with Crippen molar-refractivity contribution in [1.29, 1.82) is 0 Å². The zero-order chi connectivity index (χ0) is 37.0. The lowest BCUT2D eigenvalue weighted by Crippen LogP contribution is -2.71.